The zero-order chi connectivity index (χ0) is 18.8. The molecule has 0 atom stereocenters. The molecule has 1 heterocycles. The molecule has 6 heteroatoms. The van der Waals surface area contributed by atoms with Crippen molar-refractivity contribution in [2.45, 2.75) is 27.2 Å². The number of nitrogens with zero attached hydrogens (tertiary/aromatic N) is 2. The third-order valence-electron chi connectivity index (χ3n) is 3.71. The summed E-state index contributed by atoms with van der Waals surface area (Å²) >= 11 is 0. The van der Waals surface area contributed by atoms with Crippen molar-refractivity contribution < 1.29 is 9.47 Å². The van der Waals surface area contributed by atoms with E-state index in [1.165, 1.54) is 5.56 Å². The van der Waals surface area contributed by atoms with Crippen LogP contribution in [-0.2, 0) is 6.42 Å². The van der Waals surface area contributed by atoms with E-state index in [-0.39, 0.29) is 0 Å². The molecule has 0 spiro atoms. The molecule has 0 bridgehead atoms. The Morgan fingerprint density at radius 1 is 1.15 bits per heavy atom. The molecule has 1 aromatic heterocycles. The zero-order valence-electron chi connectivity index (χ0n) is 16.0. The highest BCUT2D eigenvalue weighted by atomic mass is 16.5. The first-order chi connectivity index (χ1) is 12.7. The number of hydrogen-bond acceptors (Lipinski definition) is 4. The average Bonchev–Trinajstić information content (AvgIpc) is 2.64. The summed E-state index contributed by atoms with van der Waals surface area (Å²) in [7, 11) is 1.64. The number of anilines is 1. The van der Waals surface area contributed by atoms with Gasteiger partial charge in [0, 0.05) is 36.7 Å². The van der Waals surface area contributed by atoms with Crippen LogP contribution in [0.15, 0.2) is 41.5 Å². The monoisotopic (exact) mass is 356 g/mol. The Morgan fingerprint density at radius 2 is 2.00 bits per heavy atom. The van der Waals surface area contributed by atoms with Gasteiger partial charge in [-0.25, -0.2) is 0 Å². The van der Waals surface area contributed by atoms with Crippen molar-refractivity contribution >= 4 is 11.6 Å². The number of nitrogens with one attached hydrogen (secondary N) is 2. The first kappa shape index (κ1) is 19.6. The minimum atomic E-state index is 0.582. The SMILES string of the molecule is CCNC(=NCCc1ccc(C)nc1)Nc1ccc(OC)c(OCC)c1. The average molecular weight is 356 g/mol. The van der Waals surface area contributed by atoms with Crippen molar-refractivity contribution in [2.75, 3.05) is 32.1 Å². The molecule has 0 aliphatic rings. The molecule has 26 heavy (non-hydrogen) atoms. The summed E-state index contributed by atoms with van der Waals surface area (Å²) in [5.41, 5.74) is 3.10. The van der Waals surface area contributed by atoms with Crippen LogP contribution < -0.4 is 20.1 Å². The fraction of sp³-hybridized carbons (Fsp3) is 0.400. The fourth-order valence-corrected chi connectivity index (χ4v) is 2.41. The molecule has 2 aromatic rings. The van der Waals surface area contributed by atoms with Crippen LogP contribution in [0.2, 0.25) is 0 Å². The first-order valence-corrected chi connectivity index (χ1v) is 8.94. The summed E-state index contributed by atoms with van der Waals surface area (Å²) in [5, 5.41) is 6.57. The minimum absolute atomic E-state index is 0.582. The quantitative estimate of drug-likeness (QED) is 0.560. The number of pyridine rings is 1. The predicted octanol–water partition coefficient (Wildman–Crippen LogP) is 3.42. The molecule has 2 rings (SSSR count). The summed E-state index contributed by atoms with van der Waals surface area (Å²) in [5.74, 6) is 2.16. The minimum Gasteiger partial charge on any atom is -0.493 e. The number of aromatic nitrogens is 1. The Labute approximate surface area is 155 Å². The first-order valence-electron chi connectivity index (χ1n) is 8.94. The normalized spacial score (nSPS) is 11.2. The van der Waals surface area contributed by atoms with Crippen molar-refractivity contribution in [2.24, 2.45) is 4.99 Å². The number of ether oxygens (including phenoxy) is 2. The Morgan fingerprint density at radius 3 is 2.65 bits per heavy atom. The van der Waals surface area contributed by atoms with Crippen molar-refractivity contribution in [3.05, 3.63) is 47.8 Å². The second kappa shape index (κ2) is 10.3. The van der Waals surface area contributed by atoms with E-state index in [2.05, 4.69) is 26.7 Å². The van der Waals surface area contributed by atoms with Crippen LogP contribution in [0.5, 0.6) is 11.5 Å². The molecule has 0 amide bonds. The number of guanidine groups is 1. The summed E-state index contributed by atoms with van der Waals surface area (Å²) in [6.07, 6.45) is 2.75. The predicted molar refractivity (Wildman–Crippen MR) is 106 cm³/mol. The van der Waals surface area contributed by atoms with Crippen LogP contribution in [0.4, 0.5) is 5.69 Å². The molecule has 1 aromatic carbocycles. The van der Waals surface area contributed by atoms with Crippen LogP contribution in [-0.4, -0.2) is 37.7 Å². The van der Waals surface area contributed by atoms with Crippen LogP contribution in [0.1, 0.15) is 25.1 Å². The Balaban J connectivity index is 2.04. The van der Waals surface area contributed by atoms with E-state index in [0.29, 0.717) is 24.7 Å². The summed E-state index contributed by atoms with van der Waals surface area (Å²) in [6.45, 7) is 8.02. The Bertz CT molecular complexity index is 714. The molecule has 0 aliphatic carbocycles. The molecule has 6 nitrogen and oxygen atoms in total. The number of aryl methyl sites for hydroxylation is 1. The van der Waals surface area contributed by atoms with Crippen LogP contribution in [0, 0.1) is 6.92 Å². The van der Waals surface area contributed by atoms with Gasteiger partial charge in [0.15, 0.2) is 17.5 Å². The zero-order valence-corrected chi connectivity index (χ0v) is 16.0. The largest absolute Gasteiger partial charge is 0.493 e. The molecular weight excluding hydrogens is 328 g/mol. The summed E-state index contributed by atoms with van der Waals surface area (Å²) in [6, 6.07) is 9.86. The molecule has 0 radical (unpaired) electrons. The highest BCUT2D eigenvalue weighted by Gasteiger charge is 2.07. The fourth-order valence-electron chi connectivity index (χ4n) is 2.41. The van der Waals surface area contributed by atoms with E-state index in [4.69, 9.17) is 9.47 Å². The third-order valence-corrected chi connectivity index (χ3v) is 3.71. The number of hydrogen-bond donors (Lipinski definition) is 2. The lowest BCUT2D eigenvalue weighted by Gasteiger charge is -2.14. The van der Waals surface area contributed by atoms with Gasteiger partial charge in [0.1, 0.15) is 0 Å². The van der Waals surface area contributed by atoms with Crippen molar-refractivity contribution in [1.29, 1.82) is 0 Å². The Kier molecular flexibility index (Phi) is 7.74. The molecule has 0 unspecified atom stereocenters. The van der Waals surface area contributed by atoms with E-state index in [0.717, 1.165) is 30.3 Å². The highest BCUT2D eigenvalue weighted by molar-refractivity contribution is 5.93. The van der Waals surface area contributed by atoms with Gasteiger partial charge in [-0.05, 0) is 51.0 Å². The molecule has 0 fully saturated rings. The summed E-state index contributed by atoms with van der Waals surface area (Å²) < 4.78 is 10.9. The number of methoxy groups -OCH3 is 1. The van der Waals surface area contributed by atoms with E-state index in [1.54, 1.807) is 7.11 Å². The summed E-state index contributed by atoms with van der Waals surface area (Å²) in [4.78, 5) is 8.96. The second-order valence-electron chi connectivity index (χ2n) is 5.74. The van der Waals surface area contributed by atoms with Gasteiger partial charge in [-0.1, -0.05) is 6.07 Å². The van der Waals surface area contributed by atoms with Gasteiger partial charge in [0.25, 0.3) is 0 Å². The molecule has 0 aliphatic heterocycles. The number of aliphatic imine (C=N–C) groups is 1. The van der Waals surface area contributed by atoms with Gasteiger partial charge < -0.3 is 20.1 Å². The standard InChI is InChI=1S/C20H28N4O2/c1-5-21-20(22-12-11-16-8-7-15(3)23-14-16)24-17-9-10-18(25-4)19(13-17)26-6-2/h7-10,13-14H,5-6,11-12H2,1-4H3,(H2,21,22,24). The van der Waals surface area contributed by atoms with Crippen LogP contribution in [0.3, 0.4) is 0 Å². The third kappa shape index (κ3) is 5.95. The second-order valence-corrected chi connectivity index (χ2v) is 5.74. The van der Waals surface area contributed by atoms with Gasteiger partial charge in [0.05, 0.1) is 13.7 Å². The number of benzene rings is 1. The van der Waals surface area contributed by atoms with Gasteiger partial charge in [-0.3, -0.25) is 9.98 Å². The Hall–Kier alpha value is -2.76. The molecule has 2 N–H and O–H groups in total. The molecule has 0 saturated carbocycles. The van der Waals surface area contributed by atoms with Crippen molar-refractivity contribution in [1.82, 2.24) is 10.3 Å². The maximum atomic E-state index is 5.63. The highest BCUT2D eigenvalue weighted by Crippen LogP contribution is 2.30. The lowest BCUT2D eigenvalue weighted by atomic mass is 10.2. The van der Waals surface area contributed by atoms with Crippen LogP contribution in [0.25, 0.3) is 0 Å². The molecule has 140 valence electrons. The lowest BCUT2D eigenvalue weighted by molar-refractivity contribution is 0.311. The van der Waals surface area contributed by atoms with Crippen molar-refractivity contribution in [3.8, 4) is 11.5 Å². The van der Waals surface area contributed by atoms with E-state index >= 15 is 0 Å². The lowest BCUT2D eigenvalue weighted by Crippen LogP contribution is -2.30. The topological polar surface area (TPSA) is 67.8 Å². The van der Waals surface area contributed by atoms with E-state index in [9.17, 15) is 0 Å². The van der Waals surface area contributed by atoms with Gasteiger partial charge in [-0.15, -0.1) is 0 Å². The van der Waals surface area contributed by atoms with Gasteiger partial charge in [0.2, 0.25) is 0 Å². The van der Waals surface area contributed by atoms with E-state index < -0.39 is 0 Å². The maximum Gasteiger partial charge on any atom is 0.195 e. The van der Waals surface area contributed by atoms with E-state index in [1.807, 2.05) is 51.2 Å². The maximum absolute atomic E-state index is 5.63. The van der Waals surface area contributed by atoms with Gasteiger partial charge in [-0.2, -0.15) is 0 Å². The molecular formula is C20H28N4O2. The molecule has 0 saturated heterocycles. The van der Waals surface area contributed by atoms with Crippen molar-refractivity contribution in [3.63, 3.8) is 0 Å². The van der Waals surface area contributed by atoms with Gasteiger partial charge >= 0.3 is 0 Å². The van der Waals surface area contributed by atoms with Crippen LogP contribution >= 0.6 is 0 Å². The number of rotatable bonds is 8. The smallest absolute Gasteiger partial charge is 0.195 e.